The van der Waals surface area contributed by atoms with Gasteiger partial charge < -0.3 is 19.5 Å². The molecule has 1 atom stereocenters. The third-order valence-corrected chi connectivity index (χ3v) is 3.23. The van der Waals surface area contributed by atoms with Crippen molar-refractivity contribution in [1.82, 2.24) is 5.32 Å². The monoisotopic (exact) mass is 295 g/mol. The van der Waals surface area contributed by atoms with Crippen LogP contribution in [0, 0.1) is 0 Å². The van der Waals surface area contributed by atoms with Gasteiger partial charge in [0, 0.05) is 18.2 Å². The Kier molecular flexibility index (Phi) is 9.06. The average molecular weight is 295 g/mol. The Balaban J connectivity index is 2.68. The molecule has 0 aliphatic heterocycles. The predicted molar refractivity (Wildman–Crippen MR) is 85.9 cm³/mol. The minimum atomic E-state index is 0.327. The van der Waals surface area contributed by atoms with E-state index in [1.165, 1.54) is 5.56 Å². The Bertz CT molecular complexity index is 396. The summed E-state index contributed by atoms with van der Waals surface area (Å²) in [6.07, 6.45) is 0. The molecule has 120 valence electrons. The fourth-order valence-corrected chi connectivity index (χ4v) is 2.15. The van der Waals surface area contributed by atoms with Gasteiger partial charge in [0.1, 0.15) is 5.75 Å². The standard InChI is InChI=1S/C17H29NO3/c1-5-18-14(4)15-8-9-17(21-7-3)16(12-15)13-20-11-10-19-6-2/h8-9,12,14,18H,5-7,10-11,13H2,1-4H3. The minimum Gasteiger partial charge on any atom is -0.494 e. The molecule has 4 nitrogen and oxygen atoms in total. The summed E-state index contributed by atoms with van der Waals surface area (Å²) in [6.45, 7) is 12.4. The highest BCUT2D eigenvalue weighted by molar-refractivity contribution is 5.38. The molecule has 4 heteroatoms. The second-order valence-corrected chi connectivity index (χ2v) is 4.83. The van der Waals surface area contributed by atoms with E-state index in [-0.39, 0.29) is 0 Å². The van der Waals surface area contributed by atoms with Gasteiger partial charge in [0.15, 0.2) is 0 Å². The normalized spacial score (nSPS) is 12.4. The van der Waals surface area contributed by atoms with E-state index in [0.717, 1.165) is 24.5 Å². The first-order chi connectivity index (χ1) is 10.2. The van der Waals surface area contributed by atoms with Crippen molar-refractivity contribution in [2.24, 2.45) is 0 Å². The van der Waals surface area contributed by atoms with Crippen molar-refractivity contribution < 1.29 is 14.2 Å². The molecule has 1 N–H and O–H groups in total. The summed E-state index contributed by atoms with van der Waals surface area (Å²) in [4.78, 5) is 0. The molecule has 0 heterocycles. The summed E-state index contributed by atoms with van der Waals surface area (Å²) in [7, 11) is 0. The second-order valence-electron chi connectivity index (χ2n) is 4.83. The first-order valence-electron chi connectivity index (χ1n) is 7.87. The molecule has 0 fully saturated rings. The first-order valence-corrected chi connectivity index (χ1v) is 7.87. The Labute approximate surface area is 128 Å². The number of hydrogen-bond acceptors (Lipinski definition) is 4. The van der Waals surface area contributed by atoms with E-state index < -0.39 is 0 Å². The highest BCUT2D eigenvalue weighted by Gasteiger charge is 2.09. The highest BCUT2D eigenvalue weighted by Crippen LogP contribution is 2.24. The van der Waals surface area contributed by atoms with Crippen molar-refractivity contribution in [3.8, 4) is 5.75 Å². The lowest BCUT2D eigenvalue weighted by Gasteiger charge is -2.17. The van der Waals surface area contributed by atoms with Gasteiger partial charge in [0.2, 0.25) is 0 Å². The maximum atomic E-state index is 5.68. The molecule has 1 unspecified atom stereocenters. The summed E-state index contributed by atoms with van der Waals surface area (Å²) < 4.78 is 16.6. The predicted octanol–water partition coefficient (Wildman–Crippen LogP) is 3.31. The Hall–Kier alpha value is -1.10. The van der Waals surface area contributed by atoms with Gasteiger partial charge >= 0.3 is 0 Å². The number of rotatable bonds is 11. The fraction of sp³-hybridized carbons (Fsp3) is 0.647. The lowest BCUT2D eigenvalue weighted by Crippen LogP contribution is -2.18. The van der Waals surface area contributed by atoms with Crippen molar-refractivity contribution in [3.63, 3.8) is 0 Å². The molecule has 0 radical (unpaired) electrons. The highest BCUT2D eigenvalue weighted by atomic mass is 16.5. The summed E-state index contributed by atoms with van der Waals surface area (Å²) in [5, 5.41) is 3.42. The number of hydrogen-bond donors (Lipinski definition) is 1. The summed E-state index contributed by atoms with van der Waals surface area (Å²) in [6, 6.07) is 6.64. The molecular weight excluding hydrogens is 266 g/mol. The van der Waals surface area contributed by atoms with E-state index in [4.69, 9.17) is 14.2 Å². The van der Waals surface area contributed by atoms with Crippen LogP contribution in [0.3, 0.4) is 0 Å². The van der Waals surface area contributed by atoms with Gasteiger partial charge in [-0.2, -0.15) is 0 Å². The van der Waals surface area contributed by atoms with Crippen LogP contribution in [0.15, 0.2) is 18.2 Å². The Morgan fingerprint density at radius 3 is 2.48 bits per heavy atom. The Morgan fingerprint density at radius 2 is 1.81 bits per heavy atom. The zero-order valence-corrected chi connectivity index (χ0v) is 13.8. The van der Waals surface area contributed by atoms with E-state index >= 15 is 0 Å². The molecule has 0 aromatic heterocycles. The molecule has 1 rings (SSSR count). The summed E-state index contributed by atoms with van der Waals surface area (Å²) >= 11 is 0. The van der Waals surface area contributed by atoms with Gasteiger partial charge in [0.25, 0.3) is 0 Å². The van der Waals surface area contributed by atoms with Crippen LogP contribution in [0.2, 0.25) is 0 Å². The SMILES string of the molecule is CCNC(C)c1ccc(OCC)c(COCCOCC)c1. The molecule has 0 saturated heterocycles. The zero-order chi connectivity index (χ0) is 15.5. The molecule has 0 spiro atoms. The van der Waals surface area contributed by atoms with Gasteiger partial charge in [-0.1, -0.05) is 13.0 Å². The van der Waals surface area contributed by atoms with Crippen LogP contribution < -0.4 is 10.1 Å². The van der Waals surface area contributed by atoms with Crippen molar-refractivity contribution >= 4 is 0 Å². The average Bonchev–Trinajstić information content (AvgIpc) is 2.49. The Morgan fingerprint density at radius 1 is 1.05 bits per heavy atom. The van der Waals surface area contributed by atoms with E-state index in [1.54, 1.807) is 0 Å². The zero-order valence-electron chi connectivity index (χ0n) is 13.8. The van der Waals surface area contributed by atoms with Crippen LogP contribution in [0.1, 0.15) is 44.9 Å². The van der Waals surface area contributed by atoms with Gasteiger partial charge in [-0.25, -0.2) is 0 Å². The van der Waals surface area contributed by atoms with Crippen molar-refractivity contribution in [1.29, 1.82) is 0 Å². The second kappa shape index (κ2) is 10.6. The summed E-state index contributed by atoms with van der Waals surface area (Å²) in [5.41, 5.74) is 2.35. The van der Waals surface area contributed by atoms with Gasteiger partial charge in [-0.3, -0.25) is 0 Å². The van der Waals surface area contributed by atoms with Crippen molar-refractivity contribution in [2.45, 2.75) is 40.3 Å². The smallest absolute Gasteiger partial charge is 0.124 e. The minimum absolute atomic E-state index is 0.327. The van der Waals surface area contributed by atoms with Crippen LogP contribution in [-0.4, -0.2) is 33.0 Å². The number of ether oxygens (including phenoxy) is 3. The van der Waals surface area contributed by atoms with Crippen molar-refractivity contribution in [2.75, 3.05) is 33.0 Å². The lowest BCUT2D eigenvalue weighted by molar-refractivity contribution is 0.0444. The lowest BCUT2D eigenvalue weighted by atomic mass is 10.0. The van der Waals surface area contributed by atoms with Crippen LogP contribution in [0.25, 0.3) is 0 Å². The van der Waals surface area contributed by atoms with E-state index in [9.17, 15) is 0 Å². The fourth-order valence-electron chi connectivity index (χ4n) is 2.15. The molecule has 1 aromatic carbocycles. The molecular formula is C17H29NO3. The van der Waals surface area contributed by atoms with Gasteiger partial charge in [0.05, 0.1) is 26.4 Å². The molecule has 0 aliphatic carbocycles. The third-order valence-electron chi connectivity index (χ3n) is 3.23. The number of nitrogens with one attached hydrogen (secondary N) is 1. The van der Waals surface area contributed by atoms with Crippen LogP contribution in [0.5, 0.6) is 5.75 Å². The van der Waals surface area contributed by atoms with Crippen LogP contribution >= 0.6 is 0 Å². The topological polar surface area (TPSA) is 39.7 Å². The molecule has 21 heavy (non-hydrogen) atoms. The largest absolute Gasteiger partial charge is 0.494 e. The van der Waals surface area contributed by atoms with E-state index in [2.05, 4.69) is 31.3 Å². The quantitative estimate of drug-likeness (QED) is 0.636. The van der Waals surface area contributed by atoms with Gasteiger partial charge in [-0.05, 0) is 45.0 Å². The summed E-state index contributed by atoms with van der Waals surface area (Å²) in [5.74, 6) is 0.904. The molecule has 0 bridgehead atoms. The molecule has 0 amide bonds. The molecule has 0 aliphatic rings. The van der Waals surface area contributed by atoms with E-state index in [0.29, 0.717) is 32.5 Å². The first kappa shape index (κ1) is 18.0. The van der Waals surface area contributed by atoms with Crippen LogP contribution in [-0.2, 0) is 16.1 Å². The molecule has 1 aromatic rings. The maximum absolute atomic E-state index is 5.68. The van der Waals surface area contributed by atoms with E-state index in [1.807, 2.05) is 19.9 Å². The number of benzene rings is 1. The van der Waals surface area contributed by atoms with Gasteiger partial charge in [-0.15, -0.1) is 0 Å². The third kappa shape index (κ3) is 6.46. The van der Waals surface area contributed by atoms with Crippen molar-refractivity contribution in [3.05, 3.63) is 29.3 Å². The molecule has 0 saturated carbocycles. The van der Waals surface area contributed by atoms with Crippen LogP contribution in [0.4, 0.5) is 0 Å². The maximum Gasteiger partial charge on any atom is 0.124 e.